The highest BCUT2D eigenvalue weighted by atomic mass is 19.1. The lowest BCUT2D eigenvalue weighted by Gasteiger charge is -2.38. The zero-order valence-electron chi connectivity index (χ0n) is 17.2. The van der Waals surface area contributed by atoms with Crippen LogP contribution in [0.5, 0.6) is 5.75 Å². The molecule has 0 aliphatic heterocycles. The molecule has 3 rings (SSSR count). The maximum atomic E-state index is 12.8. The van der Waals surface area contributed by atoms with Crippen LogP contribution >= 0.6 is 0 Å². The van der Waals surface area contributed by atoms with E-state index >= 15 is 0 Å². The summed E-state index contributed by atoms with van der Waals surface area (Å²) in [7, 11) is 1.75. The van der Waals surface area contributed by atoms with Crippen LogP contribution in [0.25, 0.3) is 5.57 Å². The Labute approximate surface area is 172 Å². The number of nitrogens with two attached hydrogens (primary N) is 1. The van der Waals surface area contributed by atoms with E-state index in [4.69, 9.17) is 15.2 Å². The summed E-state index contributed by atoms with van der Waals surface area (Å²) in [6, 6.07) is 7.88. The number of amides is 1. The van der Waals surface area contributed by atoms with Gasteiger partial charge in [-0.1, -0.05) is 18.2 Å². The summed E-state index contributed by atoms with van der Waals surface area (Å²) >= 11 is 0. The van der Waals surface area contributed by atoms with Gasteiger partial charge in [0, 0.05) is 25.3 Å². The third-order valence-corrected chi connectivity index (χ3v) is 5.98. The summed E-state index contributed by atoms with van der Waals surface area (Å²) in [5.41, 5.74) is 7.61. The number of benzene rings is 1. The molecule has 1 aromatic rings. The number of hydrogen-bond acceptors (Lipinski definition) is 4. The summed E-state index contributed by atoms with van der Waals surface area (Å²) in [5.74, 6) is 0.767. The molecule has 0 saturated heterocycles. The molecule has 0 bridgehead atoms. The van der Waals surface area contributed by atoms with Crippen molar-refractivity contribution in [2.24, 2.45) is 11.1 Å². The number of ether oxygens (including phenoxy) is 2. The van der Waals surface area contributed by atoms with E-state index in [2.05, 4.69) is 11.4 Å². The molecule has 1 unspecified atom stereocenters. The Morgan fingerprint density at radius 3 is 2.48 bits per heavy atom. The van der Waals surface area contributed by atoms with E-state index in [1.807, 2.05) is 31.2 Å². The molecule has 29 heavy (non-hydrogen) atoms. The Kier molecular flexibility index (Phi) is 7.09. The van der Waals surface area contributed by atoms with Crippen molar-refractivity contribution in [3.8, 4) is 5.75 Å². The first-order chi connectivity index (χ1) is 14.0. The van der Waals surface area contributed by atoms with Crippen molar-refractivity contribution in [2.45, 2.75) is 51.2 Å². The molecule has 0 heterocycles. The molecular formula is C23H31FN2O3. The topological polar surface area (TPSA) is 73.6 Å². The standard InChI is InChI=1S/C23H31FN2O3/c1-23(22(27)26-19-5-9-20(28-2)10-6-19)11-18(12-23)17-3-7-21(8-4-17)29-15-16(13-24)14-25/h3-4,7-8,11,13,19-20H,5-6,9-10,12,14-15,25H2,1-2H3,(H,26,27)/b16-13+/t19-,20+,23?. The van der Waals surface area contributed by atoms with E-state index in [-0.39, 0.29) is 25.1 Å². The van der Waals surface area contributed by atoms with Gasteiger partial charge in [-0.25, -0.2) is 4.39 Å². The molecule has 5 nitrogen and oxygen atoms in total. The van der Waals surface area contributed by atoms with Gasteiger partial charge in [0.1, 0.15) is 12.4 Å². The average molecular weight is 403 g/mol. The second kappa shape index (κ2) is 9.55. The van der Waals surface area contributed by atoms with E-state index in [0.717, 1.165) is 36.8 Å². The number of rotatable bonds is 8. The molecule has 158 valence electrons. The number of allylic oxidation sites excluding steroid dienone is 1. The van der Waals surface area contributed by atoms with E-state index in [1.54, 1.807) is 7.11 Å². The molecule has 1 atom stereocenters. The Balaban J connectivity index is 1.52. The molecule has 1 saturated carbocycles. The highest BCUT2D eigenvalue weighted by Gasteiger charge is 2.40. The van der Waals surface area contributed by atoms with Crippen LogP contribution in [-0.2, 0) is 9.53 Å². The third kappa shape index (κ3) is 5.25. The molecule has 0 spiro atoms. The fourth-order valence-electron chi connectivity index (χ4n) is 3.95. The normalized spacial score (nSPS) is 27.0. The van der Waals surface area contributed by atoms with Gasteiger partial charge in [0.2, 0.25) is 5.91 Å². The average Bonchev–Trinajstić information content (AvgIpc) is 2.73. The van der Waals surface area contributed by atoms with Gasteiger partial charge < -0.3 is 20.5 Å². The predicted molar refractivity (Wildman–Crippen MR) is 112 cm³/mol. The number of halogens is 1. The quantitative estimate of drug-likeness (QED) is 0.695. The van der Waals surface area contributed by atoms with Crippen LogP contribution in [0.3, 0.4) is 0 Å². The smallest absolute Gasteiger partial charge is 0.230 e. The SMILES string of the molecule is CO[C@H]1CC[C@@H](NC(=O)C2(C)C=C(c3ccc(OC/C(=C/F)CN)cc3)C2)CC1. The summed E-state index contributed by atoms with van der Waals surface area (Å²) in [6.07, 6.45) is 7.54. The molecule has 0 aromatic heterocycles. The summed E-state index contributed by atoms with van der Waals surface area (Å²) in [4.78, 5) is 12.8. The molecule has 1 fully saturated rings. The number of carbonyl (C=O) groups is 1. The Morgan fingerprint density at radius 1 is 1.28 bits per heavy atom. The number of nitrogens with one attached hydrogen (secondary N) is 1. The van der Waals surface area contributed by atoms with Crippen molar-refractivity contribution >= 4 is 11.5 Å². The van der Waals surface area contributed by atoms with Gasteiger partial charge in [-0.2, -0.15) is 0 Å². The van der Waals surface area contributed by atoms with Crippen molar-refractivity contribution in [1.29, 1.82) is 0 Å². The molecule has 1 aromatic carbocycles. The van der Waals surface area contributed by atoms with Gasteiger partial charge in [0.25, 0.3) is 0 Å². The highest BCUT2D eigenvalue weighted by molar-refractivity contribution is 5.93. The van der Waals surface area contributed by atoms with Gasteiger partial charge in [0.05, 0.1) is 17.8 Å². The molecule has 3 N–H and O–H groups in total. The van der Waals surface area contributed by atoms with Crippen molar-refractivity contribution in [3.05, 3.63) is 47.8 Å². The second-order valence-electron chi connectivity index (χ2n) is 8.23. The Morgan fingerprint density at radius 2 is 1.93 bits per heavy atom. The van der Waals surface area contributed by atoms with Gasteiger partial charge in [-0.05, 0) is 62.3 Å². The molecule has 6 heteroatoms. The second-order valence-corrected chi connectivity index (χ2v) is 8.23. The van der Waals surface area contributed by atoms with Crippen LogP contribution < -0.4 is 15.8 Å². The third-order valence-electron chi connectivity index (χ3n) is 5.98. The summed E-state index contributed by atoms with van der Waals surface area (Å²) < 4.78 is 23.5. The molecular weight excluding hydrogens is 371 g/mol. The zero-order chi connectivity index (χ0) is 20.9. The minimum atomic E-state index is -0.454. The van der Waals surface area contributed by atoms with E-state index < -0.39 is 5.41 Å². The van der Waals surface area contributed by atoms with E-state index in [1.165, 1.54) is 0 Å². The lowest BCUT2D eigenvalue weighted by molar-refractivity contribution is -0.129. The molecule has 2 aliphatic carbocycles. The fraction of sp³-hybridized carbons (Fsp3) is 0.522. The number of methoxy groups -OCH3 is 1. The molecule has 0 radical (unpaired) electrons. The van der Waals surface area contributed by atoms with Gasteiger partial charge in [0.15, 0.2) is 0 Å². The van der Waals surface area contributed by atoms with Crippen LogP contribution in [0, 0.1) is 5.41 Å². The first-order valence-corrected chi connectivity index (χ1v) is 10.2. The molecule has 2 aliphatic rings. The largest absolute Gasteiger partial charge is 0.489 e. The highest BCUT2D eigenvalue weighted by Crippen LogP contribution is 2.44. The maximum Gasteiger partial charge on any atom is 0.230 e. The minimum Gasteiger partial charge on any atom is -0.489 e. The van der Waals surface area contributed by atoms with E-state index in [9.17, 15) is 9.18 Å². The minimum absolute atomic E-state index is 0.106. The summed E-state index contributed by atoms with van der Waals surface area (Å²) in [6.45, 7) is 2.26. The Hall–Kier alpha value is -2.18. The van der Waals surface area contributed by atoms with Crippen LogP contribution in [0.4, 0.5) is 4.39 Å². The van der Waals surface area contributed by atoms with Crippen LogP contribution in [-0.4, -0.2) is 38.3 Å². The Bertz CT molecular complexity index is 767. The van der Waals surface area contributed by atoms with Crippen molar-refractivity contribution in [2.75, 3.05) is 20.3 Å². The van der Waals surface area contributed by atoms with Crippen LogP contribution in [0.2, 0.25) is 0 Å². The first-order valence-electron chi connectivity index (χ1n) is 10.2. The van der Waals surface area contributed by atoms with Crippen molar-refractivity contribution < 1.29 is 18.7 Å². The first kappa shape index (κ1) is 21.5. The van der Waals surface area contributed by atoms with Crippen LogP contribution in [0.15, 0.2) is 42.2 Å². The number of hydrogen-bond donors (Lipinski definition) is 2. The van der Waals surface area contributed by atoms with Gasteiger partial charge in [-0.15, -0.1) is 0 Å². The van der Waals surface area contributed by atoms with E-state index in [0.29, 0.717) is 30.2 Å². The maximum absolute atomic E-state index is 12.8. The fourth-order valence-corrected chi connectivity index (χ4v) is 3.95. The lowest BCUT2D eigenvalue weighted by atomic mass is 9.69. The number of carbonyl (C=O) groups excluding carboxylic acids is 1. The lowest BCUT2D eigenvalue weighted by Crippen LogP contribution is -2.47. The zero-order valence-corrected chi connectivity index (χ0v) is 17.2. The van der Waals surface area contributed by atoms with Crippen LogP contribution in [0.1, 0.15) is 44.6 Å². The van der Waals surface area contributed by atoms with Gasteiger partial charge >= 0.3 is 0 Å². The van der Waals surface area contributed by atoms with Crippen molar-refractivity contribution in [3.63, 3.8) is 0 Å². The summed E-state index contributed by atoms with van der Waals surface area (Å²) in [5, 5.41) is 3.22. The van der Waals surface area contributed by atoms with Crippen molar-refractivity contribution in [1.82, 2.24) is 5.32 Å². The predicted octanol–water partition coefficient (Wildman–Crippen LogP) is 3.74. The molecule has 1 amide bonds. The van der Waals surface area contributed by atoms with Gasteiger partial charge in [-0.3, -0.25) is 4.79 Å². The monoisotopic (exact) mass is 402 g/mol.